The van der Waals surface area contributed by atoms with Crippen LogP contribution < -0.4 is 15.5 Å². The van der Waals surface area contributed by atoms with Gasteiger partial charge < -0.3 is 10.1 Å². The molecule has 0 aliphatic rings. The molecule has 3 aromatic carbocycles. The van der Waals surface area contributed by atoms with E-state index in [4.69, 9.17) is 4.74 Å². The van der Waals surface area contributed by atoms with Gasteiger partial charge in [-0.05, 0) is 66.4 Å². The van der Waals surface area contributed by atoms with Crippen molar-refractivity contribution in [3.8, 4) is 5.75 Å². The fourth-order valence-electron chi connectivity index (χ4n) is 2.94. The minimum atomic E-state index is -0.319. The molecule has 0 atom stereocenters. The Morgan fingerprint density at radius 1 is 0.906 bits per heavy atom. The van der Waals surface area contributed by atoms with Gasteiger partial charge in [-0.1, -0.05) is 42.5 Å². The van der Waals surface area contributed by atoms with E-state index in [1.165, 1.54) is 0 Å². The number of rotatable bonds is 9. The normalized spacial score (nSPS) is 10.7. The van der Waals surface area contributed by atoms with Gasteiger partial charge in [0.25, 0.3) is 0 Å². The molecule has 0 aliphatic heterocycles. The summed E-state index contributed by atoms with van der Waals surface area (Å²) in [6.45, 7) is 4.39. The predicted octanol–water partition coefficient (Wildman–Crippen LogP) is 4.75. The fraction of sp³-hybridized carbons (Fsp3) is 0.192. The fourth-order valence-corrected chi connectivity index (χ4v) is 2.94. The molecule has 3 aromatic rings. The van der Waals surface area contributed by atoms with E-state index in [0.717, 1.165) is 33.7 Å². The number of benzene rings is 3. The minimum absolute atomic E-state index is 0.0559. The van der Waals surface area contributed by atoms with Crippen LogP contribution in [0.2, 0.25) is 0 Å². The quantitative estimate of drug-likeness (QED) is 0.380. The van der Waals surface area contributed by atoms with Crippen LogP contribution in [0.1, 0.15) is 35.1 Å². The second-order valence-corrected chi connectivity index (χ2v) is 7.50. The van der Waals surface area contributed by atoms with E-state index < -0.39 is 0 Å². The lowest BCUT2D eigenvalue weighted by Gasteiger charge is -2.09. The Balaban J connectivity index is 1.39. The summed E-state index contributed by atoms with van der Waals surface area (Å²) in [6.07, 6.45) is 1.69. The number of anilines is 1. The molecule has 164 valence electrons. The number of nitrogens with zero attached hydrogens (tertiary/aromatic N) is 1. The summed E-state index contributed by atoms with van der Waals surface area (Å²) in [5.41, 5.74) is 7.19. The third-order valence-electron chi connectivity index (χ3n) is 4.78. The van der Waals surface area contributed by atoms with Crippen molar-refractivity contribution in [1.29, 1.82) is 0 Å². The molecule has 0 spiro atoms. The second kappa shape index (κ2) is 11.5. The summed E-state index contributed by atoms with van der Waals surface area (Å²) in [6, 6.07) is 23.2. The minimum Gasteiger partial charge on any atom is -0.489 e. The van der Waals surface area contributed by atoms with Crippen LogP contribution in [0.25, 0.3) is 0 Å². The van der Waals surface area contributed by atoms with Gasteiger partial charge in [0.15, 0.2) is 0 Å². The van der Waals surface area contributed by atoms with E-state index in [9.17, 15) is 9.59 Å². The van der Waals surface area contributed by atoms with Crippen molar-refractivity contribution in [3.63, 3.8) is 0 Å². The van der Waals surface area contributed by atoms with E-state index in [1.807, 2.05) is 86.6 Å². The summed E-state index contributed by atoms with van der Waals surface area (Å²) in [5.74, 6) is 0.231. The molecule has 0 fully saturated rings. The number of amides is 2. The molecule has 0 saturated carbocycles. The van der Waals surface area contributed by atoms with Crippen molar-refractivity contribution < 1.29 is 14.3 Å². The van der Waals surface area contributed by atoms with Crippen molar-refractivity contribution in [1.82, 2.24) is 5.43 Å². The largest absolute Gasteiger partial charge is 0.489 e. The maximum atomic E-state index is 12.1. The van der Waals surface area contributed by atoms with Gasteiger partial charge in [0.05, 0.1) is 6.21 Å². The van der Waals surface area contributed by atoms with Gasteiger partial charge in [-0.15, -0.1) is 0 Å². The highest BCUT2D eigenvalue weighted by Crippen LogP contribution is 2.17. The number of nitrogens with one attached hydrogen (secondary N) is 2. The van der Waals surface area contributed by atoms with Gasteiger partial charge in [-0.3, -0.25) is 9.59 Å². The SMILES string of the molecule is Cc1ccc(C)c(NC(=O)CCC(=O)N/N=C/c2ccc(OCc3ccccc3)cc2)c1. The molecule has 2 N–H and O–H groups in total. The molecule has 2 amide bonds. The standard InChI is InChI=1S/C26H27N3O3/c1-19-8-9-20(2)24(16-19)28-25(30)14-15-26(31)29-27-17-21-10-12-23(13-11-21)32-18-22-6-4-3-5-7-22/h3-13,16-17H,14-15,18H2,1-2H3,(H,28,30)(H,29,31)/b27-17+. The average Bonchev–Trinajstić information content (AvgIpc) is 2.80. The number of carbonyl (C=O) groups excluding carboxylic acids is 2. The van der Waals surface area contributed by atoms with Crippen molar-refractivity contribution in [3.05, 3.63) is 95.1 Å². The first-order chi connectivity index (χ1) is 15.5. The van der Waals surface area contributed by atoms with Crippen molar-refractivity contribution >= 4 is 23.7 Å². The molecule has 6 nitrogen and oxygen atoms in total. The second-order valence-electron chi connectivity index (χ2n) is 7.50. The average molecular weight is 430 g/mol. The lowest BCUT2D eigenvalue weighted by atomic mass is 10.1. The zero-order valence-corrected chi connectivity index (χ0v) is 18.3. The van der Waals surface area contributed by atoms with Gasteiger partial charge in [0, 0.05) is 18.5 Å². The van der Waals surface area contributed by atoms with Crippen molar-refractivity contribution in [2.45, 2.75) is 33.3 Å². The molecular formula is C26H27N3O3. The summed E-state index contributed by atoms with van der Waals surface area (Å²) < 4.78 is 5.75. The summed E-state index contributed by atoms with van der Waals surface area (Å²) in [7, 11) is 0. The van der Waals surface area contributed by atoms with E-state index in [-0.39, 0.29) is 24.7 Å². The molecule has 3 rings (SSSR count). The van der Waals surface area contributed by atoms with Crippen LogP contribution in [-0.4, -0.2) is 18.0 Å². The van der Waals surface area contributed by atoms with Crippen LogP contribution >= 0.6 is 0 Å². The number of hydrogen-bond acceptors (Lipinski definition) is 4. The number of carbonyl (C=O) groups is 2. The molecule has 0 heterocycles. The molecule has 0 aromatic heterocycles. The van der Waals surface area contributed by atoms with Gasteiger partial charge >= 0.3 is 0 Å². The lowest BCUT2D eigenvalue weighted by Crippen LogP contribution is -2.20. The smallest absolute Gasteiger partial charge is 0.240 e. The zero-order valence-electron chi connectivity index (χ0n) is 18.3. The Bertz CT molecular complexity index is 1080. The first-order valence-corrected chi connectivity index (χ1v) is 10.5. The van der Waals surface area contributed by atoms with Gasteiger partial charge in [0.1, 0.15) is 12.4 Å². The Labute approximate surface area is 188 Å². The van der Waals surface area contributed by atoms with Crippen LogP contribution in [0, 0.1) is 13.8 Å². The van der Waals surface area contributed by atoms with Gasteiger partial charge in [-0.2, -0.15) is 5.10 Å². The molecule has 0 saturated heterocycles. The van der Waals surface area contributed by atoms with Crippen LogP contribution in [0.3, 0.4) is 0 Å². The third kappa shape index (κ3) is 7.40. The van der Waals surface area contributed by atoms with E-state index in [1.54, 1.807) is 6.21 Å². The maximum absolute atomic E-state index is 12.1. The summed E-state index contributed by atoms with van der Waals surface area (Å²) in [5, 5.41) is 6.80. The Kier molecular flexibility index (Phi) is 8.15. The van der Waals surface area contributed by atoms with Crippen LogP contribution in [-0.2, 0) is 16.2 Å². The highest BCUT2D eigenvalue weighted by molar-refractivity contribution is 5.94. The van der Waals surface area contributed by atoms with Crippen LogP contribution in [0.5, 0.6) is 5.75 Å². The van der Waals surface area contributed by atoms with E-state index in [2.05, 4.69) is 15.8 Å². The van der Waals surface area contributed by atoms with Crippen molar-refractivity contribution in [2.24, 2.45) is 5.10 Å². The lowest BCUT2D eigenvalue weighted by molar-refractivity contribution is -0.124. The molecule has 0 bridgehead atoms. The van der Waals surface area contributed by atoms with Gasteiger partial charge in [-0.25, -0.2) is 5.43 Å². The molecule has 32 heavy (non-hydrogen) atoms. The topological polar surface area (TPSA) is 79.8 Å². The zero-order chi connectivity index (χ0) is 22.8. The number of hydrogen-bond donors (Lipinski definition) is 2. The Hall–Kier alpha value is -3.93. The molecule has 6 heteroatoms. The first kappa shape index (κ1) is 22.7. The molecule has 0 unspecified atom stereocenters. The number of aryl methyl sites for hydroxylation is 2. The van der Waals surface area contributed by atoms with E-state index in [0.29, 0.717) is 6.61 Å². The predicted molar refractivity (Wildman–Crippen MR) is 127 cm³/mol. The maximum Gasteiger partial charge on any atom is 0.240 e. The molecule has 0 radical (unpaired) electrons. The Morgan fingerprint density at radius 3 is 2.38 bits per heavy atom. The highest BCUT2D eigenvalue weighted by Gasteiger charge is 2.08. The highest BCUT2D eigenvalue weighted by atomic mass is 16.5. The third-order valence-corrected chi connectivity index (χ3v) is 4.78. The molecular weight excluding hydrogens is 402 g/mol. The van der Waals surface area contributed by atoms with Gasteiger partial charge in [0.2, 0.25) is 11.8 Å². The summed E-state index contributed by atoms with van der Waals surface area (Å²) in [4.78, 5) is 24.1. The molecule has 0 aliphatic carbocycles. The first-order valence-electron chi connectivity index (χ1n) is 10.5. The van der Waals surface area contributed by atoms with Crippen LogP contribution in [0.4, 0.5) is 5.69 Å². The number of hydrazone groups is 1. The summed E-state index contributed by atoms with van der Waals surface area (Å²) >= 11 is 0. The van der Waals surface area contributed by atoms with Crippen LogP contribution in [0.15, 0.2) is 77.9 Å². The number of ether oxygens (including phenoxy) is 1. The Morgan fingerprint density at radius 2 is 1.62 bits per heavy atom. The van der Waals surface area contributed by atoms with E-state index >= 15 is 0 Å². The van der Waals surface area contributed by atoms with Crippen molar-refractivity contribution in [2.75, 3.05) is 5.32 Å². The monoisotopic (exact) mass is 429 g/mol.